The Kier molecular flexibility index (Phi) is 3.36. The molecule has 3 amide bonds. The maximum absolute atomic E-state index is 12.4. The predicted octanol–water partition coefficient (Wildman–Crippen LogP) is 2.46. The van der Waals surface area contributed by atoms with Gasteiger partial charge in [-0.05, 0) is 35.2 Å². The van der Waals surface area contributed by atoms with E-state index in [0.717, 1.165) is 16.7 Å². The predicted molar refractivity (Wildman–Crippen MR) is 91.7 cm³/mol. The number of rotatable bonds is 2. The molecule has 1 aliphatic carbocycles. The molecule has 5 nitrogen and oxygen atoms in total. The Morgan fingerprint density at radius 1 is 1.16 bits per heavy atom. The van der Waals surface area contributed by atoms with Crippen LogP contribution in [0.2, 0.25) is 0 Å². The molecular weight excluding hydrogens is 314 g/mol. The monoisotopic (exact) mass is 331 g/mol. The molecule has 2 aromatic carbocycles. The number of nitrogens with zero attached hydrogens (tertiary/aromatic N) is 1. The number of carbonyl (C=O) groups excluding carboxylic acids is 2. The summed E-state index contributed by atoms with van der Waals surface area (Å²) in [6.07, 6.45) is 0.659. The number of hydrogen-bond donors (Lipinski definition) is 2. The van der Waals surface area contributed by atoms with E-state index in [1.54, 1.807) is 6.07 Å². The first kappa shape index (κ1) is 15.4. The van der Waals surface area contributed by atoms with Gasteiger partial charge in [-0.25, -0.2) is 4.79 Å². The first-order valence-electron chi connectivity index (χ1n) is 8.22. The van der Waals surface area contributed by atoms with Gasteiger partial charge < -0.3 is 5.32 Å². The molecule has 0 unspecified atom stereocenters. The molecule has 2 aromatic rings. The van der Waals surface area contributed by atoms with Crippen molar-refractivity contribution in [2.24, 2.45) is 5.41 Å². The lowest BCUT2D eigenvalue weighted by Gasteiger charge is -2.36. The highest BCUT2D eigenvalue weighted by Gasteiger charge is 2.53. The van der Waals surface area contributed by atoms with Crippen molar-refractivity contribution in [2.45, 2.75) is 25.3 Å². The molecule has 5 heteroatoms. The first-order valence-corrected chi connectivity index (χ1v) is 8.22. The molecule has 0 radical (unpaired) electrons. The number of amides is 3. The number of benzene rings is 2. The molecule has 0 saturated carbocycles. The van der Waals surface area contributed by atoms with Gasteiger partial charge in [0.15, 0.2) is 0 Å². The zero-order valence-corrected chi connectivity index (χ0v) is 13.7. The van der Waals surface area contributed by atoms with Crippen LogP contribution in [0.3, 0.4) is 0 Å². The van der Waals surface area contributed by atoms with Gasteiger partial charge in [0.2, 0.25) is 0 Å². The average molecular weight is 331 g/mol. The van der Waals surface area contributed by atoms with E-state index in [9.17, 15) is 14.9 Å². The Bertz CT molecular complexity index is 916. The van der Waals surface area contributed by atoms with Crippen LogP contribution in [0.25, 0.3) is 0 Å². The molecule has 0 spiro atoms. The highest BCUT2D eigenvalue weighted by molar-refractivity contribution is 6.04. The molecule has 1 aliphatic heterocycles. The third kappa shape index (κ3) is 2.30. The fraction of sp³-hybridized carbons (Fsp3) is 0.250. The molecule has 0 bridgehead atoms. The quantitative estimate of drug-likeness (QED) is 0.829. The minimum Gasteiger partial charge on any atom is -0.325 e. The number of nitriles is 1. The van der Waals surface area contributed by atoms with Crippen molar-refractivity contribution in [3.8, 4) is 6.07 Å². The second kappa shape index (κ2) is 5.45. The fourth-order valence-corrected chi connectivity index (χ4v) is 4.32. The van der Waals surface area contributed by atoms with Gasteiger partial charge in [-0.3, -0.25) is 10.1 Å². The van der Waals surface area contributed by atoms with E-state index in [-0.39, 0.29) is 11.8 Å². The summed E-state index contributed by atoms with van der Waals surface area (Å²) in [7, 11) is 0. The lowest BCUT2D eigenvalue weighted by molar-refractivity contribution is -0.122. The highest BCUT2D eigenvalue weighted by Crippen LogP contribution is 2.53. The third-order valence-electron chi connectivity index (χ3n) is 5.38. The van der Waals surface area contributed by atoms with Crippen molar-refractivity contribution in [2.75, 3.05) is 0 Å². The Morgan fingerprint density at radius 3 is 2.56 bits per heavy atom. The Labute approximate surface area is 145 Å². The average Bonchev–Trinajstić information content (AvgIpc) is 3.11. The summed E-state index contributed by atoms with van der Waals surface area (Å²) in [5.74, 6) is -0.368. The standard InChI is InChI=1S/C20H17N3O2/c1-20(17-18(24)23-19(25)22-17)10-14-8-7-12(11-21)9-15(14)16(20)13-5-3-2-4-6-13/h2-9,16-17H,10H2,1H3,(H2,22,23,24,25)/t16-,17+,20+/m0/s1. The van der Waals surface area contributed by atoms with E-state index in [0.29, 0.717) is 12.0 Å². The van der Waals surface area contributed by atoms with Crippen molar-refractivity contribution in [3.63, 3.8) is 0 Å². The Hall–Kier alpha value is -3.13. The van der Waals surface area contributed by atoms with Crippen molar-refractivity contribution < 1.29 is 9.59 Å². The minimum atomic E-state index is -0.608. The van der Waals surface area contributed by atoms with Crippen LogP contribution in [0.4, 0.5) is 4.79 Å². The molecule has 0 aromatic heterocycles. The molecule has 1 heterocycles. The van der Waals surface area contributed by atoms with Crippen molar-refractivity contribution in [3.05, 3.63) is 70.8 Å². The van der Waals surface area contributed by atoms with Crippen molar-refractivity contribution >= 4 is 11.9 Å². The van der Waals surface area contributed by atoms with E-state index >= 15 is 0 Å². The smallest absolute Gasteiger partial charge is 0.322 e. The second-order valence-corrected chi connectivity index (χ2v) is 6.95. The van der Waals surface area contributed by atoms with Crippen LogP contribution in [-0.4, -0.2) is 18.0 Å². The summed E-state index contributed by atoms with van der Waals surface area (Å²) in [6.45, 7) is 2.03. The molecular formula is C20H17N3O2. The van der Waals surface area contributed by atoms with Crippen LogP contribution in [0.5, 0.6) is 0 Å². The lowest BCUT2D eigenvalue weighted by atomic mass is 9.69. The molecule has 2 aliphatic rings. The largest absolute Gasteiger partial charge is 0.325 e. The number of urea groups is 1. The zero-order chi connectivity index (χ0) is 17.6. The molecule has 1 fully saturated rings. The van der Waals surface area contributed by atoms with E-state index < -0.39 is 17.5 Å². The second-order valence-electron chi connectivity index (χ2n) is 6.95. The summed E-state index contributed by atoms with van der Waals surface area (Å²) in [4.78, 5) is 24.1. The maximum atomic E-state index is 12.4. The van der Waals surface area contributed by atoms with Crippen LogP contribution in [0.15, 0.2) is 48.5 Å². The first-order chi connectivity index (χ1) is 12.0. The van der Waals surface area contributed by atoms with Crippen molar-refractivity contribution in [1.82, 2.24) is 10.6 Å². The maximum Gasteiger partial charge on any atom is 0.322 e. The number of nitrogens with one attached hydrogen (secondary N) is 2. The van der Waals surface area contributed by atoms with Gasteiger partial charge >= 0.3 is 6.03 Å². The third-order valence-corrected chi connectivity index (χ3v) is 5.38. The number of fused-ring (bicyclic) bond motifs is 1. The van der Waals surface area contributed by atoms with Gasteiger partial charge in [0.1, 0.15) is 6.04 Å². The molecule has 2 N–H and O–H groups in total. The van der Waals surface area contributed by atoms with Crippen LogP contribution >= 0.6 is 0 Å². The lowest BCUT2D eigenvalue weighted by Crippen LogP contribution is -2.47. The number of imide groups is 1. The van der Waals surface area contributed by atoms with Gasteiger partial charge in [-0.2, -0.15) is 5.26 Å². The highest BCUT2D eigenvalue weighted by atomic mass is 16.2. The van der Waals surface area contributed by atoms with Crippen LogP contribution in [0, 0.1) is 16.7 Å². The molecule has 4 rings (SSSR count). The molecule has 124 valence electrons. The topological polar surface area (TPSA) is 82.0 Å². The summed E-state index contributed by atoms with van der Waals surface area (Å²) in [5.41, 5.74) is 3.34. The molecule has 25 heavy (non-hydrogen) atoms. The summed E-state index contributed by atoms with van der Waals surface area (Å²) in [5, 5.41) is 14.4. The van der Waals surface area contributed by atoms with Gasteiger partial charge in [0, 0.05) is 11.3 Å². The fourth-order valence-electron chi connectivity index (χ4n) is 4.32. The SMILES string of the molecule is C[C@@]1([C@@H]2NC(=O)NC2=O)Cc2ccc(C#N)cc2[C@@H]1c1ccccc1. The Morgan fingerprint density at radius 2 is 1.92 bits per heavy atom. The van der Waals surface area contributed by atoms with E-state index in [4.69, 9.17) is 0 Å². The summed E-state index contributed by atoms with van der Waals surface area (Å²) >= 11 is 0. The van der Waals surface area contributed by atoms with Crippen molar-refractivity contribution in [1.29, 1.82) is 5.26 Å². The molecule has 1 saturated heterocycles. The summed E-state index contributed by atoms with van der Waals surface area (Å²) < 4.78 is 0. The van der Waals surface area contributed by atoms with Gasteiger partial charge in [0.25, 0.3) is 5.91 Å². The van der Waals surface area contributed by atoms with E-state index in [1.165, 1.54) is 0 Å². The van der Waals surface area contributed by atoms with Crippen LogP contribution in [-0.2, 0) is 11.2 Å². The normalized spacial score (nSPS) is 27.4. The minimum absolute atomic E-state index is 0.0776. The van der Waals surface area contributed by atoms with E-state index in [1.807, 2.05) is 49.4 Å². The van der Waals surface area contributed by atoms with Gasteiger partial charge in [-0.15, -0.1) is 0 Å². The van der Waals surface area contributed by atoms with Crippen LogP contribution in [0.1, 0.15) is 35.1 Å². The Balaban J connectivity index is 1.89. The van der Waals surface area contributed by atoms with E-state index in [2.05, 4.69) is 16.7 Å². The van der Waals surface area contributed by atoms with Gasteiger partial charge in [-0.1, -0.05) is 43.3 Å². The number of hydrogen-bond acceptors (Lipinski definition) is 3. The zero-order valence-electron chi connectivity index (χ0n) is 13.7. The number of carbonyl (C=O) groups is 2. The van der Waals surface area contributed by atoms with Crippen LogP contribution < -0.4 is 10.6 Å². The van der Waals surface area contributed by atoms with Gasteiger partial charge in [0.05, 0.1) is 11.6 Å². The molecule has 3 atom stereocenters. The summed E-state index contributed by atoms with van der Waals surface area (Å²) in [6, 6.07) is 16.8.